The van der Waals surface area contributed by atoms with Gasteiger partial charge in [0.25, 0.3) is 23.6 Å². The van der Waals surface area contributed by atoms with Crippen LogP contribution in [0.4, 0.5) is 31.5 Å². The average molecular weight is 663 g/mol. The van der Waals surface area contributed by atoms with E-state index in [2.05, 4.69) is 0 Å². The molecule has 0 saturated heterocycles. The minimum Gasteiger partial charge on any atom is -0.399 e. The number of nitrogens with two attached hydrogens (primary N) is 2. The molecule has 6 aromatic carbocycles. The number of anilines is 4. The van der Waals surface area contributed by atoms with Crippen molar-refractivity contribution >= 4 is 46.4 Å². The van der Waals surface area contributed by atoms with Crippen LogP contribution in [0.3, 0.4) is 0 Å². The monoisotopic (exact) mass is 662 g/mol. The van der Waals surface area contributed by atoms with Gasteiger partial charge in [-0.25, -0.2) is 18.6 Å². The van der Waals surface area contributed by atoms with E-state index in [0.29, 0.717) is 28.6 Å². The van der Waals surface area contributed by atoms with Crippen LogP contribution in [0, 0.1) is 11.6 Å². The Morgan fingerprint density at radius 2 is 0.820 bits per heavy atom. The lowest BCUT2D eigenvalue weighted by atomic mass is 10.00. The van der Waals surface area contributed by atoms with Gasteiger partial charge in [0.1, 0.15) is 11.6 Å². The molecule has 2 heterocycles. The van der Waals surface area contributed by atoms with Crippen molar-refractivity contribution in [3.8, 4) is 33.4 Å². The van der Waals surface area contributed by atoms with Crippen LogP contribution < -0.4 is 21.3 Å². The summed E-state index contributed by atoms with van der Waals surface area (Å²) in [5, 5.41) is 0. The van der Waals surface area contributed by atoms with Crippen molar-refractivity contribution < 1.29 is 28.0 Å². The van der Waals surface area contributed by atoms with Gasteiger partial charge in [0.05, 0.1) is 33.6 Å². The Balaban J connectivity index is 1.21. The zero-order chi connectivity index (χ0) is 34.8. The van der Waals surface area contributed by atoms with Crippen molar-refractivity contribution in [3.63, 3.8) is 0 Å². The maximum Gasteiger partial charge on any atom is 0.266 e. The second-order valence-corrected chi connectivity index (χ2v) is 12.0. The van der Waals surface area contributed by atoms with E-state index < -0.39 is 35.3 Å². The Hall–Kier alpha value is -6.94. The molecular formula is C40H24F2N4O4. The average Bonchev–Trinajstić information content (AvgIpc) is 3.51. The lowest BCUT2D eigenvalue weighted by Crippen LogP contribution is -2.31. The topological polar surface area (TPSA) is 127 Å². The summed E-state index contributed by atoms with van der Waals surface area (Å²) in [7, 11) is 0. The quantitative estimate of drug-likeness (QED) is 0.144. The third-order valence-corrected chi connectivity index (χ3v) is 8.91. The number of hydrogen-bond donors (Lipinski definition) is 2. The number of benzene rings is 6. The zero-order valence-corrected chi connectivity index (χ0v) is 26.0. The minimum absolute atomic E-state index is 0.0132. The number of carbonyl (C=O) groups is 4. The smallest absolute Gasteiger partial charge is 0.266 e. The minimum atomic E-state index is -0.900. The lowest BCUT2D eigenvalue weighted by molar-refractivity contribution is 0.0909. The third kappa shape index (κ3) is 4.89. The molecule has 0 aromatic heterocycles. The second-order valence-electron chi connectivity index (χ2n) is 12.0. The molecule has 0 spiro atoms. The molecule has 4 N–H and O–H groups in total. The molecule has 0 fully saturated rings. The molecule has 6 aromatic rings. The fourth-order valence-corrected chi connectivity index (χ4v) is 6.44. The normalized spacial score (nSPS) is 13.6. The first-order chi connectivity index (χ1) is 24.1. The van der Waals surface area contributed by atoms with Crippen LogP contribution in [0.25, 0.3) is 33.4 Å². The first kappa shape index (κ1) is 30.4. The Morgan fingerprint density at radius 3 is 1.34 bits per heavy atom. The highest BCUT2D eigenvalue weighted by Gasteiger charge is 2.40. The number of nitrogens with zero attached hydrogens (tertiary/aromatic N) is 2. The fraction of sp³-hybridized carbons (Fsp3) is 0. The third-order valence-electron chi connectivity index (χ3n) is 8.91. The predicted octanol–water partition coefficient (Wildman–Crippen LogP) is 7.73. The number of halogens is 2. The van der Waals surface area contributed by atoms with E-state index >= 15 is 0 Å². The van der Waals surface area contributed by atoms with Crippen molar-refractivity contribution in [2.75, 3.05) is 21.3 Å². The van der Waals surface area contributed by atoms with Gasteiger partial charge in [-0.1, -0.05) is 36.4 Å². The molecule has 0 unspecified atom stereocenters. The number of rotatable bonds is 5. The number of nitrogen functional groups attached to an aromatic ring is 2. The van der Waals surface area contributed by atoms with Crippen LogP contribution in [0.15, 0.2) is 121 Å². The fourth-order valence-electron chi connectivity index (χ4n) is 6.44. The number of carbonyl (C=O) groups excluding carboxylic acids is 4. The molecule has 242 valence electrons. The van der Waals surface area contributed by atoms with Gasteiger partial charge in [0, 0.05) is 23.0 Å². The van der Waals surface area contributed by atoms with Gasteiger partial charge in [0.15, 0.2) is 0 Å². The summed E-state index contributed by atoms with van der Waals surface area (Å²) in [4.78, 5) is 57.1. The molecule has 8 rings (SSSR count). The SMILES string of the molecule is Nc1ccc(-c2ccc3c(c2)C(=O)N(c2ccc(N4C(=O)c5ccc(-c6ccc(N)cc6)cc5C4=O)c(-c4cc(F)cc(F)c4)c2)C3=O)cc1. The van der Waals surface area contributed by atoms with Crippen molar-refractivity contribution in [1.29, 1.82) is 0 Å². The molecule has 2 aliphatic rings. The molecule has 0 saturated carbocycles. The van der Waals surface area contributed by atoms with Crippen LogP contribution >= 0.6 is 0 Å². The van der Waals surface area contributed by atoms with Gasteiger partial charge in [-0.15, -0.1) is 0 Å². The first-order valence-electron chi connectivity index (χ1n) is 15.5. The van der Waals surface area contributed by atoms with E-state index in [1.165, 1.54) is 18.2 Å². The van der Waals surface area contributed by atoms with Crippen molar-refractivity contribution in [1.82, 2.24) is 0 Å². The van der Waals surface area contributed by atoms with Crippen LogP contribution in [0.5, 0.6) is 0 Å². The van der Waals surface area contributed by atoms with Crippen LogP contribution in [0.1, 0.15) is 41.4 Å². The first-order valence-corrected chi connectivity index (χ1v) is 15.5. The lowest BCUT2D eigenvalue weighted by Gasteiger charge is -2.22. The highest BCUT2D eigenvalue weighted by molar-refractivity contribution is 6.37. The summed E-state index contributed by atoms with van der Waals surface area (Å²) >= 11 is 0. The van der Waals surface area contributed by atoms with Crippen molar-refractivity contribution in [2.24, 2.45) is 0 Å². The summed E-state index contributed by atoms with van der Waals surface area (Å²) in [5.74, 6) is -4.30. The maximum atomic E-state index is 14.6. The highest BCUT2D eigenvalue weighted by atomic mass is 19.1. The standard InChI is InChI=1S/C40H24F2N4O4/c41-26-15-25(16-27(42)19-26)33-20-30(45-37(47)31-12-5-23(17-34(31)39(45)49)21-1-7-28(43)8-2-21)11-14-36(33)46-38(48)32-13-6-24(18-35(32)40(46)50)22-3-9-29(44)10-4-22/h1-20H,43-44H2. The van der Waals surface area contributed by atoms with Crippen LogP contribution in [-0.2, 0) is 0 Å². The van der Waals surface area contributed by atoms with E-state index in [0.717, 1.165) is 33.1 Å². The number of amides is 4. The van der Waals surface area contributed by atoms with E-state index in [-0.39, 0.29) is 44.8 Å². The molecular weight excluding hydrogens is 638 g/mol. The molecule has 0 aliphatic carbocycles. The van der Waals surface area contributed by atoms with E-state index in [1.807, 2.05) is 0 Å². The molecule has 0 radical (unpaired) electrons. The van der Waals surface area contributed by atoms with E-state index in [4.69, 9.17) is 11.5 Å². The van der Waals surface area contributed by atoms with Crippen LogP contribution in [0.2, 0.25) is 0 Å². The highest BCUT2D eigenvalue weighted by Crippen LogP contribution is 2.41. The number of hydrogen-bond acceptors (Lipinski definition) is 6. The maximum absolute atomic E-state index is 14.6. The van der Waals surface area contributed by atoms with Gasteiger partial charge in [-0.3, -0.25) is 19.2 Å². The molecule has 8 nitrogen and oxygen atoms in total. The molecule has 0 bridgehead atoms. The molecule has 2 aliphatic heterocycles. The van der Waals surface area contributed by atoms with Crippen molar-refractivity contribution in [3.05, 3.63) is 155 Å². The second kappa shape index (κ2) is 11.3. The van der Waals surface area contributed by atoms with E-state index in [1.54, 1.807) is 84.9 Å². The Labute approximate surface area is 283 Å². The van der Waals surface area contributed by atoms with Crippen molar-refractivity contribution in [2.45, 2.75) is 0 Å². The summed E-state index contributed by atoms with van der Waals surface area (Å²) in [6, 6.07) is 30.8. The summed E-state index contributed by atoms with van der Waals surface area (Å²) in [5.41, 5.74) is 16.5. The summed E-state index contributed by atoms with van der Waals surface area (Å²) in [6.07, 6.45) is 0. The number of fused-ring (bicyclic) bond motifs is 2. The molecule has 10 heteroatoms. The number of imide groups is 2. The Bertz CT molecular complexity index is 2440. The van der Waals surface area contributed by atoms with Gasteiger partial charge in [-0.05, 0) is 107 Å². The van der Waals surface area contributed by atoms with Gasteiger partial charge >= 0.3 is 0 Å². The Kier molecular flexibility index (Phi) is 6.90. The van der Waals surface area contributed by atoms with Gasteiger partial charge < -0.3 is 11.5 Å². The van der Waals surface area contributed by atoms with Crippen LogP contribution in [-0.4, -0.2) is 23.6 Å². The zero-order valence-electron chi connectivity index (χ0n) is 26.0. The molecule has 0 atom stereocenters. The predicted molar refractivity (Wildman–Crippen MR) is 187 cm³/mol. The summed E-state index contributed by atoms with van der Waals surface area (Å²) in [6.45, 7) is 0. The molecule has 4 amide bonds. The van der Waals surface area contributed by atoms with E-state index in [9.17, 15) is 28.0 Å². The summed E-state index contributed by atoms with van der Waals surface area (Å²) < 4.78 is 29.2. The largest absolute Gasteiger partial charge is 0.399 e. The van der Waals surface area contributed by atoms with Gasteiger partial charge in [0.2, 0.25) is 0 Å². The van der Waals surface area contributed by atoms with Gasteiger partial charge in [-0.2, -0.15) is 0 Å². The Morgan fingerprint density at radius 1 is 0.380 bits per heavy atom. The molecule has 50 heavy (non-hydrogen) atoms.